The zero-order valence-electron chi connectivity index (χ0n) is 13.6. The van der Waals surface area contributed by atoms with E-state index in [1.165, 1.54) is 44.2 Å². The minimum absolute atomic E-state index is 0.674. The molecule has 0 atom stereocenters. The molecule has 0 bridgehead atoms. The quantitative estimate of drug-likeness (QED) is 0.434. The van der Waals surface area contributed by atoms with Crippen LogP contribution in [0.25, 0.3) is 0 Å². The highest BCUT2D eigenvalue weighted by Crippen LogP contribution is 2.08. The third-order valence-electron chi connectivity index (χ3n) is 3.63. The molecule has 0 aliphatic rings. The Hall–Kier alpha value is -1.35. The molecule has 117 valence electrons. The number of nitrogens with zero attached hydrogens (tertiary/aromatic N) is 2. The first-order valence-corrected chi connectivity index (χ1v) is 8.04. The first-order chi connectivity index (χ1) is 10.2. The zero-order chi connectivity index (χ0) is 15.3. The minimum atomic E-state index is 0.674. The number of unbranched alkanes of at least 4 members (excludes halogenated alkanes) is 5. The van der Waals surface area contributed by atoms with Gasteiger partial charge in [0, 0.05) is 13.1 Å². The molecule has 0 fully saturated rings. The van der Waals surface area contributed by atoms with Crippen LogP contribution in [0.15, 0.2) is 30.3 Å². The van der Waals surface area contributed by atoms with Gasteiger partial charge in [-0.05, 0) is 39.0 Å². The van der Waals surface area contributed by atoms with Gasteiger partial charge in [0.2, 0.25) is 0 Å². The van der Waals surface area contributed by atoms with Crippen LogP contribution in [0.5, 0.6) is 0 Å². The average molecular weight is 289 g/mol. The third-order valence-corrected chi connectivity index (χ3v) is 3.63. The van der Waals surface area contributed by atoms with E-state index in [1.54, 1.807) is 4.90 Å². The van der Waals surface area contributed by atoms with Crippen molar-refractivity contribution in [2.75, 3.05) is 27.2 Å². The number of hydrogen-bond acceptors (Lipinski definition) is 2. The lowest BCUT2D eigenvalue weighted by atomic mass is 10.1. The number of amides is 1. The summed E-state index contributed by atoms with van der Waals surface area (Å²) in [5.41, 5.74) is 1.17. The minimum Gasteiger partial charge on any atom is -0.330 e. The van der Waals surface area contributed by atoms with E-state index in [0.717, 1.165) is 13.0 Å². The molecule has 0 aliphatic heterocycles. The fourth-order valence-electron chi connectivity index (χ4n) is 2.40. The lowest BCUT2D eigenvalue weighted by molar-refractivity contribution is 0.359. The molecular weight excluding hydrogens is 260 g/mol. The van der Waals surface area contributed by atoms with Crippen LogP contribution in [0.2, 0.25) is 0 Å². The van der Waals surface area contributed by atoms with Gasteiger partial charge in [-0.1, -0.05) is 56.0 Å². The maximum Gasteiger partial charge on any atom is 0.312 e. The molecule has 0 heterocycles. The van der Waals surface area contributed by atoms with Crippen LogP contribution in [0, 0.1) is 0 Å². The van der Waals surface area contributed by atoms with Gasteiger partial charge in [-0.2, -0.15) is 0 Å². The van der Waals surface area contributed by atoms with Gasteiger partial charge < -0.3 is 9.80 Å². The van der Waals surface area contributed by atoms with Gasteiger partial charge in [-0.3, -0.25) is 4.79 Å². The molecule has 0 aromatic heterocycles. The molecule has 1 rings (SSSR count). The first-order valence-electron chi connectivity index (χ1n) is 8.04. The number of hydrogen-bond donors (Lipinski definition) is 0. The topological polar surface area (TPSA) is 23.6 Å². The highest BCUT2D eigenvalue weighted by atomic mass is 16.1. The normalized spacial score (nSPS) is 10.8. The van der Waals surface area contributed by atoms with Crippen molar-refractivity contribution in [1.82, 2.24) is 9.80 Å². The Labute approximate surface area is 129 Å². The Morgan fingerprint density at radius 2 is 1.43 bits per heavy atom. The molecule has 0 aliphatic carbocycles. The van der Waals surface area contributed by atoms with Crippen LogP contribution in [-0.4, -0.2) is 43.4 Å². The lowest BCUT2D eigenvalue weighted by Crippen LogP contribution is -2.22. The maximum atomic E-state index is 11.0. The van der Waals surface area contributed by atoms with E-state index in [-0.39, 0.29) is 0 Å². The van der Waals surface area contributed by atoms with Crippen LogP contribution < -0.4 is 0 Å². The molecule has 3 nitrogen and oxygen atoms in total. The van der Waals surface area contributed by atoms with Gasteiger partial charge in [-0.15, -0.1) is 0 Å². The van der Waals surface area contributed by atoms with E-state index < -0.39 is 0 Å². The Balaban J connectivity index is 2.03. The summed E-state index contributed by atoms with van der Waals surface area (Å²) in [7, 11) is 4.24. The Bertz CT molecular complexity index is 365. The second kappa shape index (κ2) is 11.3. The molecule has 1 amide bonds. The molecule has 21 heavy (non-hydrogen) atoms. The smallest absolute Gasteiger partial charge is 0.312 e. The summed E-state index contributed by atoms with van der Waals surface area (Å²) in [5, 5.41) is 0. The van der Waals surface area contributed by atoms with Crippen LogP contribution in [-0.2, 0) is 11.3 Å². The maximum absolute atomic E-state index is 11.0. The van der Waals surface area contributed by atoms with E-state index in [0.29, 0.717) is 6.54 Å². The molecule has 0 unspecified atom stereocenters. The molecule has 0 saturated heterocycles. The molecule has 0 N–H and O–H groups in total. The summed E-state index contributed by atoms with van der Waals surface area (Å²) < 4.78 is 0. The van der Waals surface area contributed by atoms with Crippen molar-refractivity contribution in [3.63, 3.8) is 0 Å². The van der Waals surface area contributed by atoms with Crippen molar-refractivity contribution in [2.45, 2.75) is 45.1 Å². The fraction of sp³-hybridized carbons (Fsp3) is 0.611. The molecular formula is C18H29N2O. The lowest BCUT2D eigenvalue weighted by Gasteiger charge is -2.16. The SMILES string of the molecule is CN(C)CCCCCCCCN([C]=O)Cc1ccccc1. The van der Waals surface area contributed by atoms with E-state index in [2.05, 4.69) is 37.5 Å². The van der Waals surface area contributed by atoms with Crippen molar-refractivity contribution in [1.29, 1.82) is 0 Å². The molecule has 1 aromatic carbocycles. The van der Waals surface area contributed by atoms with Gasteiger partial charge >= 0.3 is 6.41 Å². The Morgan fingerprint density at radius 1 is 0.857 bits per heavy atom. The molecule has 1 radical (unpaired) electrons. The summed E-state index contributed by atoms with van der Waals surface area (Å²) in [6.07, 6.45) is 9.50. The Morgan fingerprint density at radius 3 is 2.00 bits per heavy atom. The van der Waals surface area contributed by atoms with Gasteiger partial charge in [0.25, 0.3) is 0 Å². The van der Waals surface area contributed by atoms with E-state index >= 15 is 0 Å². The van der Waals surface area contributed by atoms with Crippen molar-refractivity contribution in [3.8, 4) is 0 Å². The predicted octanol–water partition coefficient (Wildman–Crippen LogP) is 3.46. The summed E-state index contributed by atoms with van der Waals surface area (Å²) >= 11 is 0. The molecule has 0 spiro atoms. The van der Waals surface area contributed by atoms with Crippen molar-refractivity contribution < 1.29 is 4.79 Å². The highest BCUT2D eigenvalue weighted by Gasteiger charge is 2.03. The molecule has 3 heteroatoms. The summed E-state index contributed by atoms with van der Waals surface area (Å²) in [6.45, 7) is 2.67. The van der Waals surface area contributed by atoms with Gasteiger partial charge in [0.1, 0.15) is 0 Å². The zero-order valence-corrected chi connectivity index (χ0v) is 13.6. The number of carbonyl (C=O) groups excluding carboxylic acids is 1. The second-order valence-corrected chi connectivity index (χ2v) is 5.92. The first kappa shape index (κ1) is 17.7. The van der Waals surface area contributed by atoms with Crippen LogP contribution >= 0.6 is 0 Å². The van der Waals surface area contributed by atoms with E-state index in [9.17, 15) is 4.79 Å². The van der Waals surface area contributed by atoms with E-state index in [1.807, 2.05) is 18.2 Å². The summed E-state index contributed by atoms with van der Waals surface area (Å²) in [4.78, 5) is 15.0. The van der Waals surface area contributed by atoms with Gasteiger partial charge in [0.15, 0.2) is 0 Å². The third kappa shape index (κ3) is 9.24. The van der Waals surface area contributed by atoms with Crippen LogP contribution in [0.1, 0.15) is 44.1 Å². The fourth-order valence-corrected chi connectivity index (χ4v) is 2.40. The monoisotopic (exact) mass is 289 g/mol. The van der Waals surface area contributed by atoms with E-state index in [4.69, 9.17) is 0 Å². The highest BCUT2D eigenvalue weighted by molar-refractivity contribution is 5.48. The van der Waals surface area contributed by atoms with Crippen LogP contribution in [0.3, 0.4) is 0 Å². The average Bonchev–Trinajstić information content (AvgIpc) is 2.49. The van der Waals surface area contributed by atoms with Crippen LogP contribution in [0.4, 0.5) is 0 Å². The number of benzene rings is 1. The molecule has 1 aromatic rings. The largest absolute Gasteiger partial charge is 0.330 e. The summed E-state index contributed by atoms with van der Waals surface area (Å²) in [6, 6.07) is 10.1. The van der Waals surface area contributed by atoms with Gasteiger partial charge in [-0.25, -0.2) is 0 Å². The van der Waals surface area contributed by atoms with Crippen molar-refractivity contribution in [2.24, 2.45) is 0 Å². The Kier molecular flexibility index (Phi) is 9.55. The standard InChI is InChI=1S/C18H29N2O/c1-19(2)14-10-5-3-4-6-11-15-20(17-21)16-18-12-8-7-9-13-18/h7-9,12-13H,3-6,10-11,14-16H2,1-2H3. The predicted molar refractivity (Wildman–Crippen MR) is 88.8 cm³/mol. The molecule has 0 saturated carbocycles. The second-order valence-electron chi connectivity index (χ2n) is 5.92. The van der Waals surface area contributed by atoms with Crippen molar-refractivity contribution >= 4 is 6.41 Å². The summed E-state index contributed by atoms with van der Waals surface area (Å²) in [5.74, 6) is 0. The number of rotatable bonds is 12. The van der Waals surface area contributed by atoms with Gasteiger partial charge in [0.05, 0.1) is 0 Å². The van der Waals surface area contributed by atoms with Crippen molar-refractivity contribution in [3.05, 3.63) is 35.9 Å².